The molecule has 0 radical (unpaired) electrons. The van der Waals surface area contributed by atoms with Crippen LogP contribution in [0, 0.1) is 0 Å². The number of nitrogens with zero attached hydrogens (tertiary/aromatic N) is 2. The van der Waals surface area contributed by atoms with Gasteiger partial charge in [0.25, 0.3) is 5.91 Å². The molecule has 136 valence electrons. The molecule has 3 rings (SSSR count). The van der Waals surface area contributed by atoms with Crippen LogP contribution in [0.25, 0.3) is 0 Å². The normalized spacial score (nSPS) is 19.6. The van der Waals surface area contributed by atoms with Crippen molar-refractivity contribution in [2.75, 3.05) is 45.8 Å². The average molecular weight is 344 g/mol. The van der Waals surface area contributed by atoms with Gasteiger partial charge in [0.1, 0.15) is 0 Å². The molecule has 0 unspecified atom stereocenters. The summed E-state index contributed by atoms with van der Waals surface area (Å²) in [5, 5.41) is 6.39. The van der Waals surface area contributed by atoms with Crippen molar-refractivity contribution in [1.82, 2.24) is 20.4 Å². The predicted octanol–water partition coefficient (Wildman–Crippen LogP) is 0.703. The number of hydrogen-bond acceptors (Lipinski definition) is 4. The van der Waals surface area contributed by atoms with Crippen molar-refractivity contribution in [3.05, 3.63) is 35.9 Å². The number of likely N-dealkylation sites (tertiary alicyclic amines) is 1. The fraction of sp³-hybridized carbons (Fsp3) is 0.579. The van der Waals surface area contributed by atoms with Crippen LogP contribution in [0.3, 0.4) is 0 Å². The molecule has 0 bridgehead atoms. The maximum Gasteiger partial charge on any atom is 0.251 e. The van der Waals surface area contributed by atoms with Crippen LogP contribution in [0.15, 0.2) is 30.3 Å². The van der Waals surface area contributed by atoms with E-state index in [1.165, 1.54) is 0 Å². The monoisotopic (exact) mass is 344 g/mol. The van der Waals surface area contributed by atoms with Gasteiger partial charge in [0.2, 0.25) is 5.91 Å². The van der Waals surface area contributed by atoms with Crippen LogP contribution in [-0.2, 0) is 4.79 Å². The summed E-state index contributed by atoms with van der Waals surface area (Å²) in [4.78, 5) is 28.7. The van der Waals surface area contributed by atoms with Crippen molar-refractivity contribution in [3.63, 3.8) is 0 Å². The molecule has 0 spiro atoms. The molecule has 0 atom stereocenters. The first-order valence-corrected chi connectivity index (χ1v) is 9.29. The standard InChI is InChI=1S/C19H28N4O2/c24-18(23-14-9-20-10-15-23)8-13-22-11-6-17(7-12-22)21-19(25)16-4-2-1-3-5-16/h1-5,17,20H,6-15H2,(H,21,25). The van der Waals surface area contributed by atoms with Crippen LogP contribution < -0.4 is 10.6 Å². The average Bonchev–Trinajstić information content (AvgIpc) is 2.68. The molecule has 0 saturated carbocycles. The predicted molar refractivity (Wildman–Crippen MR) is 97.4 cm³/mol. The van der Waals surface area contributed by atoms with Crippen molar-refractivity contribution in [3.8, 4) is 0 Å². The van der Waals surface area contributed by atoms with Crippen molar-refractivity contribution in [2.24, 2.45) is 0 Å². The van der Waals surface area contributed by atoms with Gasteiger partial charge in [-0.2, -0.15) is 0 Å². The number of benzene rings is 1. The first-order chi connectivity index (χ1) is 12.2. The van der Waals surface area contributed by atoms with E-state index in [1.54, 1.807) is 0 Å². The number of nitrogens with one attached hydrogen (secondary N) is 2. The zero-order valence-electron chi connectivity index (χ0n) is 14.7. The SMILES string of the molecule is O=C(NC1CCN(CCC(=O)N2CCNCC2)CC1)c1ccccc1. The van der Waals surface area contributed by atoms with Gasteiger partial charge in [-0.1, -0.05) is 18.2 Å². The molecule has 1 aromatic carbocycles. The molecule has 2 aliphatic heterocycles. The van der Waals surface area contributed by atoms with E-state index in [1.807, 2.05) is 35.2 Å². The van der Waals surface area contributed by atoms with Crippen LogP contribution in [0.1, 0.15) is 29.6 Å². The number of amides is 2. The van der Waals surface area contributed by atoms with Gasteiger partial charge < -0.3 is 20.4 Å². The molecule has 2 amide bonds. The van der Waals surface area contributed by atoms with E-state index in [0.717, 1.165) is 58.7 Å². The van der Waals surface area contributed by atoms with Gasteiger partial charge in [0.05, 0.1) is 0 Å². The molecular formula is C19H28N4O2. The molecule has 1 aromatic rings. The summed E-state index contributed by atoms with van der Waals surface area (Å²) in [6, 6.07) is 9.59. The van der Waals surface area contributed by atoms with Gasteiger partial charge in [-0.05, 0) is 25.0 Å². The van der Waals surface area contributed by atoms with Gasteiger partial charge in [0.15, 0.2) is 0 Å². The maximum atomic E-state index is 12.2. The van der Waals surface area contributed by atoms with Crippen LogP contribution in [0.5, 0.6) is 0 Å². The zero-order valence-corrected chi connectivity index (χ0v) is 14.7. The van der Waals surface area contributed by atoms with E-state index in [9.17, 15) is 9.59 Å². The summed E-state index contributed by atoms with van der Waals surface area (Å²) in [6.45, 7) is 6.15. The highest BCUT2D eigenvalue weighted by Crippen LogP contribution is 2.12. The number of rotatable bonds is 5. The smallest absolute Gasteiger partial charge is 0.251 e. The lowest BCUT2D eigenvalue weighted by molar-refractivity contribution is -0.132. The molecule has 2 saturated heterocycles. The van der Waals surface area contributed by atoms with Gasteiger partial charge >= 0.3 is 0 Å². The minimum absolute atomic E-state index is 0.00735. The summed E-state index contributed by atoms with van der Waals surface area (Å²) in [5.41, 5.74) is 0.714. The Morgan fingerprint density at radius 2 is 1.72 bits per heavy atom. The van der Waals surface area contributed by atoms with Gasteiger partial charge in [0, 0.05) is 63.8 Å². The summed E-state index contributed by atoms with van der Waals surface area (Å²) < 4.78 is 0. The van der Waals surface area contributed by atoms with Gasteiger partial charge in [-0.3, -0.25) is 9.59 Å². The molecule has 6 heteroatoms. The lowest BCUT2D eigenvalue weighted by Crippen LogP contribution is -2.48. The van der Waals surface area contributed by atoms with Crippen LogP contribution in [0.4, 0.5) is 0 Å². The second-order valence-electron chi connectivity index (χ2n) is 6.84. The fourth-order valence-corrected chi connectivity index (χ4v) is 3.49. The Hall–Kier alpha value is -1.92. The third-order valence-electron chi connectivity index (χ3n) is 5.07. The van der Waals surface area contributed by atoms with E-state index >= 15 is 0 Å². The molecule has 25 heavy (non-hydrogen) atoms. The number of piperazine rings is 1. The highest BCUT2D eigenvalue weighted by molar-refractivity contribution is 5.94. The Kier molecular flexibility index (Phi) is 6.42. The first kappa shape index (κ1) is 17.9. The van der Waals surface area contributed by atoms with Crippen molar-refractivity contribution in [1.29, 1.82) is 0 Å². The van der Waals surface area contributed by atoms with Crippen molar-refractivity contribution >= 4 is 11.8 Å². The Balaban J connectivity index is 1.35. The summed E-state index contributed by atoms with van der Waals surface area (Å²) in [7, 11) is 0. The van der Waals surface area contributed by atoms with Crippen LogP contribution >= 0.6 is 0 Å². The number of piperidine rings is 1. The molecule has 2 aliphatic rings. The van der Waals surface area contributed by atoms with Crippen molar-refractivity contribution < 1.29 is 9.59 Å². The molecular weight excluding hydrogens is 316 g/mol. The second kappa shape index (κ2) is 8.97. The maximum absolute atomic E-state index is 12.2. The van der Waals surface area contributed by atoms with Gasteiger partial charge in [-0.25, -0.2) is 0 Å². The summed E-state index contributed by atoms with van der Waals surface area (Å²) >= 11 is 0. The number of hydrogen-bond donors (Lipinski definition) is 2. The first-order valence-electron chi connectivity index (χ1n) is 9.29. The van der Waals surface area contributed by atoms with E-state index in [4.69, 9.17) is 0 Å². The van der Waals surface area contributed by atoms with E-state index in [2.05, 4.69) is 15.5 Å². The third-order valence-corrected chi connectivity index (χ3v) is 5.07. The van der Waals surface area contributed by atoms with E-state index in [-0.39, 0.29) is 17.9 Å². The molecule has 2 heterocycles. The minimum Gasteiger partial charge on any atom is -0.349 e. The quantitative estimate of drug-likeness (QED) is 0.825. The molecule has 6 nitrogen and oxygen atoms in total. The molecule has 2 N–H and O–H groups in total. The highest BCUT2D eigenvalue weighted by Gasteiger charge is 2.22. The number of carbonyl (C=O) groups excluding carboxylic acids is 2. The van der Waals surface area contributed by atoms with Crippen molar-refractivity contribution in [2.45, 2.75) is 25.3 Å². The Morgan fingerprint density at radius 3 is 2.40 bits per heavy atom. The molecule has 0 aromatic heterocycles. The largest absolute Gasteiger partial charge is 0.349 e. The lowest BCUT2D eigenvalue weighted by atomic mass is 10.0. The molecule has 0 aliphatic carbocycles. The Labute approximate surface area is 149 Å². The van der Waals surface area contributed by atoms with Crippen LogP contribution in [0.2, 0.25) is 0 Å². The molecule has 2 fully saturated rings. The lowest BCUT2D eigenvalue weighted by Gasteiger charge is -2.33. The summed E-state index contributed by atoms with van der Waals surface area (Å²) in [6.07, 6.45) is 2.49. The van der Waals surface area contributed by atoms with Crippen LogP contribution in [-0.4, -0.2) is 73.5 Å². The topological polar surface area (TPSA) is 64.7 Å². The number of carbonyl (C=O) groups is 2. The van der Waals surface area contributed by atoms with E-state index < -0.39 is 0 Å². The Morgan fingerprint density at radius 1 is 1.04 bits per heavy atom. The highest BCUT2D eigenvalue weighted by atomic mass is 16.2. The van der Waals surface area contributed by atoms with E-state index in [0.29, 0.717) is 12.0 Å². The summed E-state index contributed by atoms with van der Waals surface area (Å²) in [5.74, 6) is 0.272. The fourth-order valence-electron chi connectivity index (χ4n) is 3.49. The van der Waals surface area contributed by atoms with Gasteiger partial charge in [-0.15, -0.1) is 0 Å². The Bertz CT molecular complexity index is 564. The minimum atomic E-state index is 0.00735. The third kappa shape index (κ3) is 5.28. The zero-order chi connectivity index (χ0) is 17.5. The second-order valence-corrected chi connectivity index (χ2v) is 6.84.